The van der Waals surface area contributed by atoms with E-state index in [0.717, 1.165) is 16.5 Å². The molecule has 4 nitrogen and oxygen atoms in total. The lowest BCUT2D eigenvalue weighted by Gasteiger charge is -1.98. The molecule has 0 radical (unpaired) electrons. The fourth-order valence-corrected chi connectivity index (χ4v) is 1.35. The van der Waals surface area contributed by atoms with Gasteiger partial charge in [-0.1, -0.05) is 0 Å². The zero-order chi connectivity index (χ0) is 9.42. The molecule has 0 atom stereocenters. The highest BCUT2D eigenvalue weighted by Gasteiger charge is 2.07. The molecule has 0 spiro atoms. The predicted octanol–water partition coefficient (Wildman–Crippen LogP) is 1.57. The lowest BCUT2D eigenvalue weighted by molar-refractivity contribution is 0.0697. The van der Waals surface area contributed by atoms with E-state index in [9.17, 15) is 4.79 Å². The minimum Gasteiger partial charge on any atom is -0.478 e. The third kappa shape index (κ3) is 1.16. The van der Waals surface area contributed by atoms with Crippen LogP contribution in [0.25, 0.3) is 10.9 Å². The molecule has 2 rings (SSSR count). The third-order valence-corrected chi connectivity index (χ3v) is 2.01. The summed E-state index contributed by atoms with van der Waals surface area (Å²) in [5.74, 6) is -0.917. The molecule has 0 aliphatic heterocycles. The Morgan fingerprint density at radius 1 is 1.54 bits per heavy atom. The number of aromatic nitrogens is 2. The van der Waals surface area contributed by atoms with Gasteiger partial charge in [-0.15, -0.1) is 0 Å². The van der Waals surface area contributed by atoms with Crippen LogP contribution in [0.2, 0.25) is 0 Å². The monoisotopic (exact) mass is 176 g/mol. The van der Waals surface area contributed by atoms with Gasteiger partial charge in [0.05, 0.1) is 17.3 Å². The van der Waals surface area contributed by atoms with Crippen molar-refractivity contribution >= 4 is 16.9 Å². The van der Waals surface area contributed by atoms with E-state index in [4.69, 9.17) is 5.11 Å². The van der Waals surface area contributed by atoms with Gasteiger partial charge in [-0.05, 0) is 24.6 Å². The number of hydrogen-bond acceptors (Lipinski definition) is 2. The van der Waals surface area contributed by atoms with E-state index in [2.05, 4.69) is 10.2 Å². The van der Waals surface area contributed by atoms with E-state index in [-0.39, 0.29) is 5.56 Å². The molecule has 0 fully saturated rings. The third-order valence-electron chi connectivity index (χ3n) is 2.01. The van der Waals surface area contributed by atoms with Gasteiger partial charge in [-0.2, -0.15) is 5.10 Å². The van der Waals surface area contributed by atoms with E-state index < -0.39 is 5.97 Å². The Balaban J connectivity index is 2.77. The molecular formula is C9H8N2O2. The molecule has 0 bridgehead atoms. The molecule has 1 aromatic carbocycles. The fourth-order valence-electron chi connectivity index (χ4n) is 1.35. The maximum Gasteiger partial charge on any atom is 0.335 e. The maximum absolute atomic E-state index is 10.7. The molecule has 0 unspecified atom stereocenters. The number of carbonyl (C=O) groups is 1. The quantitative estimate of drug-likeness (QED) is 0.693. The molecule has 66 valence electrons. The van der Waals surface area contributed by atoms with E-state index in [1.54, 1.807) is 18.3 Å². The van der Waals surface area contributed by atoms with Gasteiger partial charge in [0.2, 0.25) is 0 Å². The van der Waals surface area contributed by atoms with Gasteiger partial charge in [0.15, 0.2) is 0 Å². The number of nitrogens with one attached hydrogen (secondary N) is 1. The van der Waals surface area contributed by atoms with Crippen LogP contribution in [0.4, 0.5) is 0 Å². The van der Waals surface area contributed by atoms with E-state index in [1.807, 2.05) is 6.92 Å². The number of aromatic carboxylic acids is 1. The number of H-pyrrole nitrogens is 1. The van der Waals surface area contributed by atoms with Crippen LogP contribution in [0, 0.1) is 6.92 Å². The van der Waals surface area contributed by atoms with Crippen molar-refractivity contribution in [3.8, 4) is 0 Å². The summed E-state index contributed by atoms with van der Waals surface area (Å²) in [6.07, 6.45) is 1.69. The Labute approximate surface area is 74.2 Å². The van der Waals surface area contributed by atoms with Gasteiger partial charge >= 0.3 is 5.97 Å². The maximum atomic E-state index is 10.7. The fraction of sp³-hybridized carbons (Fsp3) is 0.111. The van der Waals surface area contributed by atoms with Gasteiger partial charge in [0.1, 0.15) is 0 Å². The second kappa shape index (κ2) is 2.58. The van der Waals surface area contributed by atoms with Gasteiger partial charge in [0, 0.05) is 5.39 Å². The number of benzene rings is 1. The van der Waals surface area contributed by atoms with E-state index >= 15 is 0 Å². The average Bonchev–Trinajstić information content (AvgIpc) is 2.51. The van der Waals surface area contributed by atoms with Gasteiger partial charge in [-0.25, -0.2) is 4.79 Å². The zero-order valence-electron chi connectivity index (χ0n) is 7.03. The Morgan fingerprint density at radius 2 is 2.31 bits per heavy atom. The van der Waals surface area contributed by atoms with Crippen LogP contribution in [-0.2, 0) is 0 Å². The molecule has 2 N–H and O–H groups in total. The summed E-state index contributed by atoms with van der Waals surface area (Å²) in [6, 6.07) is 3.22. The second-order valence-corrected chi connectivity index (χ2v) is 2.93. The van der Waals surface area contributed by atoms with Crippen LogP contribution in [-0.4, -0.2) is 21.3 Å². The lowest BCUT2D eigenvalue weighted by atomic mass is 10.1. The minimum atomic E-state index is -0.917. The van der Waals surface area contributed by atoms with Crippen LogP contribution in [0.15, 0.2) is 18.3 Å². The molecule has 1 heterocycles. The summed E-state index contributed by atoms with van der Waals surface area (Å²) in [5.41, 5.74) is 1.97. The smallest absolute Gasteiger partial charge is 0.335 e. The molecule has 0 aliphatic rings. The number of rotatable bonds is 1. The van der Waals surface area contributed by atoms with Crippen LogP contribution in [0.3, 0.4) is 0 Å². The number of aryl methyl sites for hydroxylation is 1. The second-order valence-electron chi connectivity index (χ2n) is 2.93. The zero-order valence-corrected chi connectivity index (χ0v) is 7.03. The van der Waals surface area contributed by atoms with Crippen molar-refractivity contribution in [2.75, 3.05) is 0 Å². The molecule has 0 aliphatic carbocycles. The van der Waals surface area contributed by atoms with Gasteiger partial charge < -0.3 is 5.11 Å². The van der Waals surface area contributed by atoms with E-state index in [1.165, 1.54) is 0 Å². The van der Waals surface area contributed by atoms with Crippen LogP contribution in [0.5, 0.6) is 0 Å². The molecule has 13 heavy (non-hydrogen) atoms. The summed E-state index contributed by atoms with van der Waals surface area (Å²) < 4.78 is 0. The standard InChI is InChI=1S/C9H8N2O2/c1-5-2-6(9(12)13)3-8-7(5)4-10-11-8/h2-4H,1H3,(H,10,11)(H,12,13). The summed E-state index contributed by atoms with van der Waals surface area (Å²) in [5, 5.41) is 16.3. The minimum absolute atomic E-state index is 0.286. The van der Waals surface area contributed by atoms with Gasteiger partial charge in [-0.3, -0.25) is 5.10 Å². The van der Waals surface area contributed by atoms with E-state index in [0.29, 0.717) is 0 Å². The van der Waals surface area contributed by atoms with Crippen LogP contribution in [0.1, 0.15) is 15.9 Å². The highest BCUT2D eigenvalue weighted by molar-refractivity contribution is 5.94. The highest BCUT2D eigenvalue weighted by atomic mass is 16.4. The topological polar surface area (TPSA) is 66.0 Å². The molecular weight excluding hydrogens is 168 g/mol. The first kappa shape index (κ1) is 7.79. The molecule has 0 amide bonds. The first-order valence-electron chi connectivity index (χ1n) is 3.85. The first-order valence-corrected chi connectivity index (χ1v) is 3.85. The first-order chi connectivity index (χ1) is 6.18. The summed E-state index contributed by atoms with van der Waals surface area (Å²) >= 11 is 0. The van der Waals surface area contributed by atoms with Crippen molar-refractivity contribution in [3.05, 3.63) is 29.5 Å². The molecule has 2 aromatic rings. The SMILES string of the molecule is Cc1cc(C(=O)O)cc2[nH]ncc12. The van der Waals surface area contributed by atoms with Crippen molar-refractivity contribution < 1.29 is 9.90 Å². The summed E-state index contributed by atoms with van der Waals surface area (Å²) in [4.78, 5) is 10.7. The Bertz CT molecular complexity index is 473. The molecule has 1 aromatic heterocycles. The Kier molecular flexibility index (Phi) is 1.55. The molecule has 4 heteroatoms. The number of fused-ring (bicyclic) bond motifs is 1. The predicted molar refractivity (Wildman–Crippen MR) is 47.8 cm³/mol. The summed E-state index contributed by atoms with van der Waals surface area (Å²) in [6.45, 7) is 1.87. The molecule has 0 saturated heterocycles. The van der Waals surface area contributed by atoms with Crippen molar-refractivity contribution in [1.29, 1.82) is 0 Å². The van der Waals surface area contributed by atoms with Crippen molar-refractivity contribution in [2.45, 2.75) is 6.92 Å². The Hall–Kier alpha value is -1.84. The van der Waals surface area contributed by atoms with Crippen LogP contribution < -0.4 is 0 Å². The normalized spacial score (nSPS) is 10.5. The van der Waals surface area contributed by atoms with Crippen molar-refractivity contribution in [3.63, 3.8) is 0 Å². The summed E-state index contributed by atoms with van der Waals surface area (Å²) in [7, 11) is 0. The average molecular weight is 176 g/mol. The van der Waals surface area contributed by atoms with Crippen LogP contribution >= 0.6 is 0 Å². The number of carboxylic acid groups (broad SMARTS) is 1. The number of carboxylic acids is 1. The molecule has 0 saturated carbocycles. The van der Waals surface area contributed by atoms with Gasteiger partial charge in [0.25, 0.3) is 0 Å². The van der Waals surface area contributed by atoms with Crippen molar-refractivity contribution in [1.82, 2.24) is 10.2 Å². The number of hydrogen-bond donors (Lipinski definition) is 2. The Morgan fingerprint density at radius 3 is 3.00 bits per heavy atom. The van der Waals surface area contributed by atoms with Crippen molar-refractivity contribution in [2.24, 2.45) is 0 Å². The lowest BCUT2D eigenvalue weighted by Crippen LogP contribution is -1.96. The largest absolute Gasteiger partial charge is 0.478 e. The number of nitrogens with zero attached hydrogens (tertiary/aromatic N) is 1. The number of aromatic amines is 1. The highest BCUT2D eigenvalue weighted by Crippen LogP contribution is 2.17.